The molecule has 1 aliphatic heterocycles. The number of hydrogen-bond donors (Lipinski definition) is 2. The minimum atomic E-state index is -3.74. The Morgan fingerprint density at radius 2 is 2.04 bits per heavy atom. The Balaban J connectivity index is 2.20. The maximum Gasteiger partial charge on any atom is 0.243 e. The molecule has 0 spiro atoms. The number of benzene rings is 1. The molecule has 0 saturated carbocycles. The number of ether oxygens (including phenoxy) is 2. The quantitative estimate of drug-likeness (QED) is 0.709. The molecule has 9 heteroatoms. The summed E-state index contributed by atoms with van der Waals surface area (Å²) in [5.41, 5.74) is 0. The number of methoxy groups -OCH3 is 2. The highest BCUT2D eigenvalue weighted by Gasteiger charge is 2.33. The molecule has 8 nitrogen and oxygen atoms in total. The largest absolute Gasteiger partial charge is 0.493 e. The number of amides is 1. The summed E-state index contributed by atoms with van der Waals surface area (Å²) in [5, 5.41) is 11.4. The average molecular weight is 372 g/mol. The minimum Gasteiger partial charge on any atom is -0.493 e. The van der Waals surface area contributed by atoms with Gasteiger partial charge in [-0.25, -0.2) is 8.42 Å². The van der Waals surface area contributed by atoms with E-state index in [0.717, 1.165) is 0 Å². The van der Waals surface area contributed by atoms with Gasteiger partial charge in [0.2, 0.25) is 15.9 Å². The third-order valence-corrected chi connectivity index (χ3v) is 6.02. The van der Waals surface area contributed by atoms with Gasteiger partial charge >= 0.3 is 0 Å². The summed E-state index contributed by atoms with van der Waals surface area (Å²) in [6, 6.07) is 4.43. The van der Waals surface area contributed by atoms with Gasteiger partial charge in [-0.2, -0.15) is 4.31 Å². The van der Waals surface area contributed by atoms with E-state index in [9.17, 15) is 13.2 Å². The van der Waals surface area contributed by atoms with Gasteiger partial charge in [-0.05, 0) is 25.0 Å². The first-order valence-corrected chi connectivity index (χ1v) is 9.48. The van der Waals surface area contributed by atoms with Crippen molar-refractivity contribution in [3.05, 3.63) is 18.2 Å². The number of nitrogens with one attached hydrogen (secondary N) is 1. The fraction of sp³-hybridized carbons (Fsp3) is 0.562. The molecule has 1 saturated heterocycles. The monoisotopic (exact) mass is 372 g/mol. The fourth-order valence-corrected chi connectivity index (χ4v) is 4.36. The lowest BCUT2D eigenvalue weighted by Gasteiger charge is -2.31. The second-order valence-electron chi connectivity index (χ2n) is 5.73. The van der Waals surface area contributed by atoms with E-state index in [1.165, 1.54) is 30.7 Å². The highest BCUT2D eigenvalue weighted by Crippen LogP contribution is 2.32. The summed E-state index contributed by atoms with van der Waals surface area (Å²) in [5.74, 6) is 0.121. The van der Waals surface area contributed by atoms with Gasteiger partial charge in [0.25, 0.3) is 0 Å². The molecule has 0 aromatic heterocycles. The molecule has 1 aromatic rings. The summed E-state index contributed by atoms with van der Waals surface area (Å²) in [7, 11) is -0.819. The summed E-state index contributed by atoms with van der Waals surface area (Å²) >= 11 is 0. The van der Waals surface area contributed by atoms with E-state index in [0.29, 0.717) is 30.9 Å². The lowest BCUT2D eigenvalue weighted by atomic mass is 9.99. The van der Waals surface area contributed by atoms with E-state index in [2.05, 4.69) is 5.32 Å². The van der Waals surface area contributed by atoms with Crippen molar-refractivity contribution in [2.24, 2.45) is 5.92 Å². The van der Waals surface area contributed by atoms with Crippen LogP contribution >= 0.6 is 0 Å². The van der Waals surface area contributed by atoms with Gasteiger partial charge in [0.15, 0.2) is 11.5 Å². The van der Waals surface area contributed by atoms with Crippen LogP contribution < -0.4 is 14.8 Å². The lowest BCUT2D eigenvalue weighted by Crippen LogP contribution is -2.45. The van der Waals surface area contributed by atoms with Crippen LogP contribution in [0.2, 0.25) is 0 Å². The van der Waals surface area contributed by atoms with E-state index in [1.54, 1.807) is 6.07 Å². The van der Waals surface area contributed by atoms with Gasteiger partial charge in [0, 0.05) is 25.7 Å². The molecule has 1 unspecified atom stereocenters. The number of carbonyl (C=O) groups excluding carboxylic acids is 1. The van der Waals surface area contributed by atoms with Crippen LogP contribution in [0.5, 0.6) is 11.5 Å². The molecule has 140 valence electrons. The highest BCUT2D eigenvalue weighted by molar-refractivity contribution is 7.89. The summed E-state index contributed by atoms with van der Waals surface area (Å²) < 4.78 is 37.4. The third-order valence-electron chi connectivity index (χ3n) is 4.16. The zero-order valence-electron chi connectivity index (χ0n) is 14.4. The SMILES string of the molecule is COc1ccc(S(=O)(=O)N2CCCC(C(=O)NCCO)C2)cc1OC. The zero-order chi connectivity index (χ0) is 18.4. The first kappa shape index (κ1) is 19.5. The first-order chi connectivity index (χ1) is 11.9. The van der Waals surface area contributed by atoms with Gasteiger partial charge in [-0.1, -0.05) is 0 Å². The van der Waals surface area contributed by atoms with Crippen molar-refractivity contribution in [2.45, 2.75) is 17.7 Å². The number of carbonyl (C=O) groups is 1. The first-order valence-electron chi connectivity index (χ1n) is 8.04. The average Bonchev–Trinajstić information content (AvgIpc) is 2.65. The highest BCUT2D eigenvalue weighted by atomic mass is 32.2. The summed E-state index contributed by atoms with van der Waals surface area (Å²) in [6.07, 6.45) is 1.22. The topological polar surface area (TPSA) is 105 Å². The van der Waals surface area contributed by atoms with Crippen LogP contribution in [0.1, 0.15) is 12.8 Å². The van der Waals surface area contributed by atoms with Crippen LogP contribution in [-0.2, 0) is 14.8 Å². The van der Waals surface area contributed by atoms with E-state index in [4.69, 9.17) is 14.6 Å². The maximum absolute atomic E-state index is 12.9. The van der Waals surface area contributed by atoms with Crippen molar-refractivity contribution in [1.82, 2.24) is 9.62 Å². The van der Waals surface area contributed by atoms with Crippen molar-refractivity contribution < 1.29 is 27.8 Å². The number of sulfonamides is 1. The molecule has 2 N–H and O–H groups in total. The molecule has 1 heterocycles. The Kier molecular flexibility index (Phi) is 6.63. The Morgan fingerprint density at radius 3 is 2.68 bits per heavy atom. The molecule has 1 fully saturated rings. The normalized spacial score (nSPS) is 18.6. The van der Waals surface area contributed by atoms with Gasteiger partial charge in [-0.15, -0.1) is 0 Å². The van der Waals surface area contributed by atoms with Crippen molar-refractivity contribution in [2.75, 3.05) is 40.5 Å². The maximum atomic E-state index is 12.9. The molecule has 1 amide bonds. The van der Waals surface area contributed by atoms with Crippen LogP contribution in [0.3, 0.4) is 0 Å². The molecule has 1 atom stereocenters. The fourth-order valence-electron chi connectivity index (χ4n) is 2.82. The second kappa shape index (κ2) is 8.50. The number of piperidine rings is 1. The van der Waals surface area contributed by atoms with E-state index >= 15 is 0 Å². The molecule has 0 radical (unpaired) electrons. The molecular formula is C16H24N2O6S. The molecule has 0 aliphatic carbocycles. The molecule has 1 aliphatic rings. The smallest absolute Gasteiger partial charge is 0.243 e. The van der Waals surface area contributed by atoms with Crippen molar-refractivity contribution in [1.29, 1.82) is 0 Å². The van der Waals surface area contributed by atoms with Gasteiger partial charge in [0.1, 0.15) is 0 Å². The zero-order valence-corrected chi connectivity index (χ0v) is 15.2. The van der Waals surface area contributed by atoms with Crippen LogP contribution in [0.15, 0.2) is 23.1 Å². The predicted molar refractivity (Wildman–Crippen MR) is 91.1 cm³/mol. The van der Waals surface area contributed by atoms with E-state index in [-0.39, 0.29) is 30.5 Å². The number of rotatable bonds is 7. The van der Waals surface area contributed by atoms with E-state index < -0.39 is 15.9 Å². The Morgan fingerprint density at radius 1 is 1.32 bits per heavy atom. The van der Waals surface area contributed by atoms with Crippen LogP contribution in [-0.4, -0.2) is 64.2 Å². The molecular weight excluding hydrogens is 348 g/mol. The second-order valence-corrected chi connectivity index (χ2v) is 7.67. The summed E-state index contributed by atoms with van der Waals surface area (Å²) in [6.45, 7) is 0.498. The standard InChI is InChI=1S/C16H24N2O6S/c1-23-14-6-5-13(10-15(14)24-2)25(21,22)18-8-3-4-12(11-18)16(20)17-7-9-19/h5-6,10,12,19H,3-4,7-9,11H2,1-2H3,(H,17,20). The van der Waals surface area contributed by atoms with Crippen LogP contribution in [0.4, 0.5) is 0 Å². The Bertz CT molecular complexity index is 707. The number of hydrogen-bond acceptors (Lipinski definition) is 6. The van der Waals surface area contributed by atoms with Crippen molar-refractivity contribution in [3.63, 3.8) is 0 Å². The molecule has 2 rings (SSSR count). The number of aliphatic hydroxyl groups is 1. The number of nitrogens with zero attached hydrogens (tertiary/aromatic N) is 1. The molecule has 25 heavy (non-hydrogen) atoms. The van der Waals surface area contributed by atoms with Crippen LogP contribution in [0, 0.1) is 5.92 Å². The summed E-state index contributed by atoms with van der Waals surface area (Å²) in [4.78, 5) is 12.2. The van der Waals surface area contributed by atoms with Gasteiger partial charge in [0.05, 0.1) is 31.6 Å². The van der Waals surface area contributed by atoms with Crippen molar-refractivity contribution in [3.8, 4) is 11.5 Å². The predicted octanol–water partition coefficient (Wildman–Crippen LogP) is 0.213. The van der Waals surface area contributed by atoms with Gasteiger partial charge < -0.3 is 19.9 Å². The number of aliphatic hydroxyl groups excluding tert-OH is 1. The molecule has 1 aromatic carbocycles. The van der Waals surface area contributed by atoms with Crippen molar-refractivity contribution >= 4 is 15.9 Å². The Hall–Kier alpha value is -1.84. The minimum absolute atomic E-state index is 0.0987. The molecule has 0 bridgehead atoms. The van der Waals surface area contributed by atoms with Gasteiger partial charge in [-0.3, -0.25) is 4.79 Å². The Labute approximate surface area is 147 Å². The van der Waals surface area contributed by atoms with E-state index in [1.807, 2.05) is 0 Å². The van der Waals surface area contributed by atoms with Crippen LogP contribution in [0.25, 0.3) is 0 Å². The lowest BCUT2D eigenvalue weighted by molar-refractivity contribution is -0.126. The third kappa shape index (κ3) is 4.42.